The van der Waals surface area contributed by atoms with Crippen molar-refractivity contribution in [1.29, 1.82) is 0 Å². The molecular formula is C19H22N4O3S. The molecule has 0 fully saturated rings. The molecule has 0 atom stereocenters. The third-order valence-corrected chi connectivity index (χ3v) is 4.90. The minimum Gasteiger partial charge on any atom is -0.493 e. The smallest absolute Gasteiger partial charge is 0.216 e. The Hall–Kier alpha value is -2.87. The molecule has 3 rings (SSSR count). The number of amides is 1. The van der Waals surface area contributed by atoms with E-state index in [0.717, 1.165) is 27.2 Å². The Morgan fingerprint density at radius 1 is 1.15 bits per heavy atom. The number of aryl methyl sites for hydroxylation is 1. The number of ether oxygens (including phenoxy) is 2. The van der Waals surface area contributed by atoms with E-state index in [4.69, 9.17) is 9.47 Å². The topological polar surface area (TPSA) is 85.4 Å². The lowest BCUT2D eigenvalue weighted by Gasteiger charge is -2.11. The summed E-state index contributed by atoms with van der Waals surface area (Å²) in [6, 6.07) is 5.82. The molecule has 2 N–H and O–H groups in total. The van der Waals surface area contributed by atoms with Gasteiger partial charge in [-0.2, -0.15) is 0 Å². The summed E-state index contributed by atoms with van der Waals surface area (Å²) in [6.07, 6.45) is 0. The van der Waals surface area contributed by atoms with Gasteiger partial charge in [0.2, 0.25) is 5.91 Å². The maximum absolute atomic E-state index is 11.0. The molecule has 142 valence electrons. The van der Waals surface area contributed by atoms with Gasteiger partial charge in [0.05, 0.1) is 19.6 Å². The summed E-state index contributed by atoms with van der Waals surface area (Å²) in [6.45, 7) is 4.47. The van der Waals surface area contributed by atoms with Gasteiger partial charge in [-0.15, -0.1) is 11.3 Å². The van der Waals surface area contributed by atoms with Crippen LogP contribution in [0.4, 0.5) is 5.82 Å². The third-order valence-electron chi connectivity index (χ3n) is 4.03. The van der Waals surface area contributed by atoms with Crippen LogP contribution in [-0.4, -0.2) is 43.2 Å². The van der Waals surface area contributed by atoms with Gasteiger partial charge in [0, 0.05) is 31.0 Å². The highest BCUT2D eigenvalue weighted by Crippen LogP contribution is 2.40. The Bertz CT molecular complexity index is 971. The number of hydrogen-bond donors (Lipinski definition) is 2. The van der Waals surface area contributed by atoms with Gasteiger partial charge < -0.3 is 20.1 Å². The van der Waals surface area contributed by atoms with Crippen molar-refractivity contribution in [3.05, 3.63) is 29.4 Å². The van der Waals surface area contributed by atoms with E-state index >= 15 is 0 Å². The van der Waals surface area contributed by atoms with Crippen LogP contribution < -0.4 is 20.1 Å². The number of hydrogen-bond acceptors (Lipinski definition) is 7. The molecule has 0 aliphatic heterocycles. The minimum atomic E-state index is -0.0534. The predicted molar refractivity (Wildman–Crippen MR) is 108 cm³/mol. The number of thiophene rings is 1. The third kappa shape index (κ3) is 4.11. The van der Waals surface area contributed by atoms with Crippen molar-refractivity contribution >= 4 is 33.3 Å². The second kappa shape index (κ2) is 8.22. The van der Waals surface area contributed by atoms with Gasteiger partial charge in [-0.25, -0.2) is 9.97 Å². The highest BCUT2D eigenvalue weighted by molar-refractivity contribution is 7.17. The zero-order valence-corrected chi connectivity index (χ0v) is 16.6. The Labute approximate surface area is 161 Å². The average molecular weight is 386 g/mol. The zero-order valence-electron chi connectivity index (χ0n) is 15.8. The van der Waals surface area contributed by atoms with E-state index in [1.54, 1.807) is 25.6 Å². The van der Waals surface area contributed by atoms with Crippen molar-refractivity contribution in [3.63, 3.8) is 0 Å². The molecule has 0 radical (unpaired) electrons. The molecule has 2 heterocycles. The lowest BCUT2D eigenvalue weighted by atomic mass is 10.1. The van der Waals surface area contributed by atoms with Crippen LogP contribution in [0.15, 0.2) is 23.6 Å². The number of benzene rings is 1. The van der Waals surface area contributed by atoms with Gasteiger partial charge in [0.25, 0.3) is 0 Å². The van der Waals surface area contributed by atoms with Crippen LogP contribution in [0.1, 0.15) is 12.7 Å². The molecule has 0 saturated carbocycles. The van der Waals surface area contributed by atoms with Gasteiger partial charge in [0.1, 0.15) is 16.5 Å². The summed E-state index contributed by atoms with van der Waals surface area (Å²) in [5.74, 6) is 2.76. The first-order valence-electron chi connectivity index (χ1n) is 8.50. The predicted octanol–water partition coefficient (Wildman–Crippen LogP) is 3.23. The van der Waals surface area contributed by atoms with Crippen LogP contribution in [0.25, 0.3) is 21.3 Å². The lowest BCUT2D eigenvalue weighted by Crippen LogP contribution is -2.26. The number of rotatable bonds is 7. The SMILES string of the molecule is COc1ccc(-c2csc3nc(C)nc(NCCNC(C)=O)c23)cc1OC. The van der Waals surface area contributed by atoms with Crippen molar-refractivity contribution in [2.24, 2.45) is 0 Å². The number of carbonyl (C=O) groups is 1. The van der Waals surface area contributed by atoms with Crippen LogP contribution in [-0.2, 0) is 4.79 Å². The molecular weight excluding hydrogens is 364 g/mol. The van der Waals surface area contributed by atoms with E-state index in [-0.39, 0.29) is 5.91 Å². The summed E-state index contributed by atoms with van der Waals surface area (Å²) in [5.41, 5.74) is 2.02. The summed E-state index contributed by atoms with van der Waals surface area (Å²) in [4.78, 5) is 21.1. The number of fused-ring (bicyclic) bond motifs is 1. The maximum atomic E-state index is 11.0. The first-order valence-corrected chi connectivity index (χ1v) is 9.38. The summed E-state index contributed by atoms with van der Waals surface area (Å²) in [5, 5.41) is 9.12. The fourth-order valence-corrected chi connectivity index (χ4v) is 3.80. The van der Waals surface area contributed by atoms with Crippen molar-refractivity contribution in [2.45, 2.75) is 13.8 Å². The van der Waals surface area contributed by atoms with Gasteiger partial charge in [-0.3, -0.25) is 4.79 Å². The molecule has 2 aromatic heterocycles. The van der Waals surface area contributed by atoms with Crippen molar-refractivity contribution in [1.82, 2.24) is 15.3 Å². The minimum absolute atomic E-state index is 0.0534. The number of nitrogens with zero attached hydrogens (tertiary/aromatic N) is 2. The number of aromatic nitrogens is 2. The highest BCUT2D eigenvalue weighted by Gasteiger charge is 2.16. The Balaban J connectivity index is 2.00. The van der Waals surface area contributed by atoms with Gasteiger partial charge in [-0.05, 0) is 24.6 Å². The van der Waals surface area contributed by atoms with E-state index in [0.29, 0.717) is 30.4 Å². The van der Waals surface area contributed by atoms with E-state index in [2.05, 4.69) is 26.0 Å². The molecule has 27 heavy (non-hydrogen) atoms. The molecule has 7 nitrogen and oxygen atoms in total. The lowest BCUT2D eigenvalue weighted by molar-refractivity contribution is -0.118. The summed E-state index contributed by atoms with van der Waals surface area (Å²) < 4.78 is 10.8. The number of carbonyl (C=O) groups excluding carboxylic acids is 1. The molecule has 0 unspecified atom stereocenters. The molecule has 0 saturated heterocycles. The second-order valence-electron chi connectivity index (χ2n) is 5.93. The first kappa shape index (κ1) is 18.9. The van der Waals surface area contributed by atoms with E-state index in [1.807, 2.05) is 25.1 Å². The van der Waals surface area contributed by atoms with Crippen molar-refractivity contribution in [3.8, 4) is 22.6 Å². The molecule has 8 heteroatoms. The Morgan fingerprint density at radius 2 is 1.93 bits per heavy atom. The van der Waals surface area contributed by atoms with Crippen LogP contribution in [0.5, 0.6) is 11.5 Å². The number of methoxy groups -OCH3 is 2. The highest BCUT2D eigenvalue weighted by atomic mass is 32.1. The quantitative estimate of drug-likeness (QED) is 0.607. The summed E-state index contributed by atoms with van der Waals surface area (Å²) in [7, 11) is 3.24. The second-order valence-corrected chi connectivity index (χ2v) is 6.79. The average Bonchev–Trinajstić information content (AvgIpc) is 3.08. The molecule has 0 spiro atoms. The Kier molecular flexibility index (Phi) is 5.75. The normalized spacial score (nSPS) is 10.7. The molecule has 1 aromatic carbocycles. The van der Waals surface area contributed by atoms with E-state index in [1.165, 1.54) is 6.92 Å². The summed E-state index contributed by atoms with van der Waals surface area (Å²) >= 11 is 1.57. The van der Waals surface area contributed by atoms with E-state index in [9.17, 15) is 4.79 Å². The van der Waals surface area contributed by atoms with Crippen LogP contribution >= 0.6 is 11.3 Å². The molecule has 0 bridgehead atoms. The van der Waals surface area contributed by atoms with Crippen molar-refractivity contribution < 1.29 is 14.3 Å². The number of nitrogens with one attached hydrogen (secondary N) is 2. The molecule has 1 amide bonds. The largest absolute Gasteiger partial charge is 0.493 e. The molecule has 0 aliphatic rings. The fraction of sp³-hybridized carbons (Fsp3) is 0.316. The number of anilines is 1. The standard InChI is InChI=1S/C19H22N4O3S/c1-11-22-18(21-8-7-20-12(2)24)17-14(10-27-19(17)23-11)13-5-6-15(25-3)16(9-13)26-4/h5-6,9-10H,7-8H2,1-4H3,(H,20,24)(H,21,22,23). The maximum Gasteiger partial charge on any atom is 0.216 e. The first-order chi connectivity index (χ1) is 13.0. The van der Waals surface area contributed by atoms with Gasteiger partial charge in [-0.1, -0.05) is 6.07 Å². The molecule has 0 aliphatic carbocycles. The monoisotopic (exact) mass is 386 g/mol. The van der Waals surface area contributed by atoms with Gasteiger partial charge >= 0.3 is 0 Å². The van der Waals surface area contributed by atoms with Crippen LogP contribution in [0, 0.1) is 6.92 Å². The van der Waals surface area contributed by atoms with Gasteiger partial charge in [0.15, 0.2) is 11.5 Å². The van der Waals surface area contributed by atoms with Crippen molar-refractivity contribution in [2.75, 3.05) is 32.6 Å². The fourth-order valence-electron chi connectivity index (χ4n) is 2.81. The Morgan fingerprint density at radius 3 is 2.63 bits per heavy atom. The zero-order chi connectivity index (χ0) is 19.4. The van der Waals surface area contributed by atoms with E-state index < -0.39 is 0 Å². The van der Waals surface area contributed by atoms with Crippen LogP contribution in [0.3, 0.4) is 0 Å². The molecule has 3 aromatic rings. The van der Waals surface area contributed by atoms with Crippen LogP contribution in [0.2, 0.25) is 0 Å².